The number of hydrogen-bond acceptors (Lipinski definition) is 3. The van der Waals surface area contributed by atoms with Crippen LogP contribution in [0.5, 0.6) is 0 Å². The molecule has 0 saturated heterocycles. The summed E-state index contributed by atoms with van der Waals surface area (Å²) in [6, 6.07) is 10.9. The first-order chi connectivity index (χ1) is 11.5. The minimum absolute atomic E-state index is 0.0686. The van der Waals surface area contributed by atoms with Gasteiger partial charge in [0, 0.05) is 31.1 Å². The largest absolute Gasteiger partial charge is 0.295 e. The van der Waals surface area contributed by atoms with Gasteiger partial charge in [-0.2, -0.15) is 0 Å². The Morgan fingerprint density at radius 2 is 2.00 bits per heavy atom. The van der Waals surface area contributed by atoms with Gasteiger partial charge < -0.3 is 0 Å². The Hall–Kier alpha value is -2.63. The number of pyridine rings is 1. The summed E-state index contributed by atoms with van der Waals surface area (Å²) < 4.78 is 28.8. The zero-order chi connectivity index (χ0) is 16.5. The molecule has 1 aliphatic heterocycles. The van der Waals surface area contributed by atoms with E-state index in [1.54, 1.807) is 18.3 Å². The van der Waals surface area contributed by atoms with E-state index < -0.39 is 11.3 Å². The normalized spacial score (nSPS) is 23.6. The Balaban J connectivity index is 1.66. The molecule has 0 amide bonds. The Kier molecular flexibility index (Phi) is 2.44. The summed E-state index contributed by atoms with van der Waals surface area (Å²) in [6.45, 7) is 0.0686. The predicted octanol–water partition coefficient (Wildman–Crippen LogP) is 3.04. The molecule has 3 heterocycles. The number of halogens is 2. The minimum atomic E-state index is -2.68. The molecular formula is C18H13F2N3O. The van der Waals surface area contributed by atoms with E-state index in [4.69, 9.17) is 0 Å². The monoisotopic (exact) mass is 325 g/mol. The summed E-state index contributed by atoms with van der Waals surface area (Å²) in [5, 5.41) is 0.458. The summed E-state index contributed by atoms with van der Waals surface area (Å²) in [7, 11) is 0. The van der Waals surface area contributed by atoms with Gasteiger partial charge in [-0.15, -0.1) is 0 Å². The maximum atomic E-state index is 13.7. The molecular weight excluding hydrogens is 312 g/mol. The Morgan fingerprint density at radius 1 is 1.17 bits per heavy atom. The van der Waals surface area contributed by atoms with Gasteiger partial charge in [-0.05, 0) is 24.3 Å². The summed E-state index contributed by atoms with van der Waals surface area (Å²) in [6.07, 6.45) is 1.71. The van der Waals surface area contributed by atoms with Crippen LogP contribution in [-0.2, 0) is 13.0 Å². The molecule has 1 aromatic carbocycles. The van der Waals surface area contributed by atoms with Crippen molar-refractivity contribution in [2.75, 3.05) is 0 Å². The van der Waals surface area contributed by atoms with Crippen LogP contribution in [0, 0.1) is 5.41 Å². The molecule has 2 aliphatic rings. The van der Waals surface area contributed by atoms with E-state index in [0.717, 1.165) is 11.3 Å². The van der Waals surface area contributed by atoms with Crippen LogP contribution in [-0.4, -0.2) is 20.5 Å². The fraction of sp³-hybridized carbons (Fsp3) is 0.278. The molecule has 3 aromatic rings. The first kappa shape index (κ1) is 13.8. The number of rotatable bonds is 1. The molecule has 2 aromatic heterocycles. The zero-order valence-corrected chi connectivity index (χ0v) is 12.7. The predicted molar refractivity (Wildman–Crippen MR) is 84.9 cm³/mol. The zero-order valence-electron chi connectivity index (χ0n) is 12.7. The van der Waals surface area contributed by atoms with Crippen molar-refractivity contribution in [2.45, 2.75) is 25.3 Å². The fourth-order valence-corrected chi connectivity index (χ4v) is 3.66. The third kappa shape index (κ3) is 1.74. The molecule has 0 N–H and O–H groups in total. The molecule has 1 fully saturated rings. The average molecular weight is 325 g/mol. The van der Waals surface area contributed by atoms with Crippen molar-refractivity contribution in [1.29, 1.82) is 0 Å². The van der Waals surface area contributed by atoms with Crippen molar-refractivity contribution in [3.63, 3.8) is 0 Å². The topological polar surface area (TPSA) is 47.8 Å². The van der Waals surface area contributed by atoms with Crippen LogP contribution < -0.4 is 5.56 Å². The lowest BCUT2D eigenvalue weighted by atomic mass is 10.1. The van der Waals surface area contributed by atoms with Crippen LogP contribution in [0.15, 0.2) is 47.4 Å². The van der Waals surface area contributed by atoms with Gasteiger partial charge in [0.25, 0.3) is 11.5 Å². The van der Waals surface area contributed by atoms with E-state index in [2.05, 4.69) is 9.97 Å². The number of fused-ring (bicyclic) bond motifs is 2. The number of aromatic nitrogens is 3. The smallest absolute Gasteiger partial charge is 0.261 e. The first-order valence-electron chi connectivity index (χ1n) is 7.82. The van der Waals surface area contributed by atoms with E-state index in [1.165, 1.54) is 4.57 Å². The molecule has 1 atom stereocenters. The molecule has 120 valence electrons. The van der Waals surface area contributed by atoms with E-state index in [0.29, 0.717) is 16.7 Å². The molecule has 0 radical (unpaired) electrons. The van der Waals surface area contributed by atoms with Crippen LogP contribution in [0.1, 0.15) is 12.2 Å². The molecule has 4 nitrogen and oxygen atoms in total. The minimum Gasteiger partial charge on any atom is -0.295 e. The second-order valence-corrected chi connectivity index (χ2v) is 6.70. The van der Waals surface area contributed by atoms with E-state index in [9.17, 15) is 13.6 Å². The Labute approximate surface area is 135 Å². The van der Waals surface area contributed by atoms with Gasteiger partial charge in [-0.1, -0.05) is 12.1 Å². The van der Waals surface area contributed by atoms with E-state index >= 15 is 0 Å². The molecule has 6 heteroatoms. The van der Waals surface area contributed by atoms with Crippen molar-refractivity contribution in [3.8, 4) is 11.3 Å². The van der Waals surface area contributed by atoms with Crippen LogP contribution in [0.4, 0.5) is 8.78 Å². The van der Waals surface area contributed by atoms with Crippen LogP contribution in [0.2, 0.25) is 0 Å². The van der Waals surface area contributed by atoms with E-state index in [-0.39, 0.29) is 24.9 Å². The highest BCUT2D eigenvalue weighted by molar-refractivity contribution is 5.83. The molecule has 24 heavy (non-hydrogen) atoms. The second kappa shape index (κ2) is 4.26. The second-order valence-electron chi connectivity index (χ2n) is 6.70. The number of hydrogen-bond donors (Lipinski definition) is 0. The quantitative estimate of drug-likeness (QED) is 0.691. The molecule has 1 saturated carbocycles. The molecule has 0 bridgehead atoms. The van der Waals surface area contributed by atoms with Crippen LogP contribution >= 0.6 is 0 Å². The SMILES string of the molecule is O=c1c2ccc(-c3ccccn3)cc2nc2n1CC1(C2)CC1(F)F. The van der Waals surface area contributed by atoms with Crippen molar-refractivity contribution < 1.29 is 8.78 Å². The third-order valence-electron chi connectivity index (χ3n) is 5.16. The lowest BCUT2D eigenvalue weighted by Crippen LogP contribution is -2.22. The summed E-state index contributed by atoms with van der Waals surface area (Å²) >= 11 is 0. The van der Waals surface area contributed by atoms with Crippen LogP contribution in [0.3, 0.4) is 0 Å². The Morgan fingerprint density at radius 3 is 2.71 bits per heavy atom. The molecule has 5 rings (SSSR count). The van der Waals surface area contributed by atoms with Crippen LogP contribution in [0.25, 0.3) is 22.2 Å². The number of nitrogens with zero attached hydrogens (tertiary/aromatic N) is 3. The summed E-state index contributed by atoms with van der Waals surface area (Å²) in [5.41, 5.74) is 0.849. The third-order valence-corrected chi connectivity index (χ3v) is 5.16. The average Bonchev–Trinajstić information content (AvgIpc) is 2.91. The van der Waals surface area contributed by atoms with Crippen molar-refractivity contribution in [2.24, 2.45) is 5.41 Å². The Bertz CT molecular complexity index is 1050. The maximum absolute atomic E-state index is 13.7. The fourth-order valence-electron chi connectivity index (χ4n) is 3.66. The van der Waals surface area contributed by atoms with Gasteiger partial charge in [0.15, 0.2) is 0 Å². The van der Waals surface area contributed by atoms with E-state index in [1.807, 2.05) is 24.3 Å². The maximum Gasteiger partial charge on any atom is 0.261 e. The molecule has 1 unspecified atom stereocenters. The lowest BCUT2D eigenvalue weighted by molar-refractivity contribution is 0.0636. The number of benzene rings is 1. The van der Waals surface area contributed by atoms with Gasteiger partial charge in [0.05, 0.1) is 22.0 Å². The summed E-state index contributed by atoms with van der Waals surface area (Å²) in [4.78, 5) is 21.5. The van der Waals surface area contributed by atoms with Gasteiger partial charge in [-0.3, -0.25) is 14.3 Å². The lowest BCUT2D eigenvalue weighted by Gasteiger charge is -2.07. The molecule has 1 aliphatic carbocycles. The van der Waals surface area contributed by atoms with Gasteiger partial charge in [-0.25, -0.2) is 13.8 Å². The van der Waals surface area contributed by atoms with Crippen molar-refractivity contribution in [1.82, 2.24) is 14.5 Å². The highest BCUT2D eigenvalue weighted by atomic mass is 19.3. The highest BCUT2D eigenvalue weighted by Crippen LogP contribution is 2.64. The highest BCUT2D eigenvalue weighted by Gasteiger charge is 2.73. The molecule has 1 spiro atoms. The standard InChI is InChI=1S/C18H13F2N3O/c19-18(20)9-17(18)8-15-22-14-7-11(13-3-1-2-6-21-13)4-5-12(14)16(24)23(15)10-17/h1-7H,8-10H2. The van der Waals surface area contributed by atoms with Gasteiger partial charge >= 0.3 is 0 Å². The van der Waals surface area contributed by atoms with Crippen molar-refractivity contribution in [3.05, 3.63) is 58.8 Å². The summed E-state index contributed by atoms with van der Waals surface area (Å²) in [5.74, 6) is -2.22. The van der Waals surface area contributed by atoms with Crippen molar-refractivity contribution >= 4 is 10.9 Å². The number of alkyl halides is 2. The van der Waals surface area contributed by atoms with Gasteiger partial charge in [0.1, 0.15) is 5.82 Å². The first-order valence-corrected chi connectivity index (χ1v) is 7.82. The van der Waals surface area contributed by atoms with Gasteiger partial charge in [0.2, 0.25) is 0 Å².